The van der Waals surface area contributed by atoms with Crippen LogP contribution in [0.25, 0.3) is 12.2 Å². The van der Waals surface area contributed by atoms with Gasteiger partial charge in [0.25, 0.3) is 0 Å². The molecule has 0 atom stereocenters. The van der Waals surface area contributed by atoms with Crippen molar-refractivity contribution in [1.29, 1.82) is 0 Å². The van der Waals surface area contributed by atoms with E-state index < -0.39 is 0 Å². The summed E-state index contributed by atoms with van der Waals surface area (Å²) >= 11 is 0. The highest BCUT2D eigenvalue weighted by molar-refractivity contribution is 5.70. The summed E-state index contributed by atoms with van der Waals surface area (Å²) in [6, 6.07) is 9.56. The molecule has 0 aliphatic rings. The molecule has 1 heterocycles. The highest BCUT2D eigenvalue weighted by Gasteiger charge is 2.06. The molecule has 0 spiro atoms. The lowest BCUT2D eigenvalue weighted by molar-refractivity contribution is 0.0322. The Morgan fingerprint density at radius 3 is 2.14 bits per heavy atom. The van der Waals surface area contributed by atoms with Crippen LogP contribution in [0.2, 0.25) is 0 Å². The first kappa shape index (κ1) is 16.0. The van der Waals surface area contributed by atoms with Crippen LogP contribution in [-0.4, -0.2) is 32.8 Å². The Hall–Kier alpha value is -2.37. The van der Waals surface area contributed by atoms with Crippen molar-refractivity contribution in [1.82, 2.24) is 4.98 Å². The summed E-state index contributed by atoms with van der Waals surface area (Å²) in [5, 5.41) is 0. The van der Waals surface area contributed by atoms with E-state index in [-0.39, 0.29) is 13.6 Å². The smallest absolute Gasteiger partial charge is 0.188 e. The van der Waals surface area contributed by atoms with Gasteiger partial charge >= 0.3 is 0 Å². The first-order valence-electron chi connectivity index (χ1n) is 6.79. The first-order chi connectivity index (χ1) is 10.8. The van der Waals surface area contributed by atoms with E-state index in [4.69, 9.17) is 18.9 Å². The summed E-state index contributed by atoms with van der Waals surface area (Å²) in [5.74, 6) is 1.22. The lowest BCUT2D eigenvalue weighted by atomic mass is 10.1. The minimum atomic E-state index is 0.154. The van der Waals surface area contributed by atoms with E-state index >= 15 is 0 Å². The lowest BCUT2D eigenvalue weighted by Crippen LogP contribution is -2.04. The van der Waals surface area contributed by atoms with E-state index in [0.717, 1.165) is 11.1 Å². The topological polar surface area (TPSA) is 49.8 Å². The van der Waals surface area contributed by atoms with Gasteiger partial charge in [-0.3, -0.25) is 4.98 Å². The fourth-order valence-corrected chi connectivity index (χ4v) is 1.77. The SMILES string of the molecule is COCOc1ccc(/C=C/c2ccncc2)cc1OCOC. The van der Waals surface area contributed by atoms with Gasteiger partial charge in [0.05, 0.1) is 0 Å². The molecule has 0 unspecified atom stereocenters. The van der Waals surface area contributed by atoms with Gasteiger partial charge in [-0.1, -0.05) is 18.2 Å². The summed E-state index contributed by atoms with van der Waals surface area (Å²) in [7, 11) is 3.14. The van der Waals surface area contributed by atoms with Crippen LogP contribution in [0.5, 0.6) is 11.5 Å². The van der Waals surface area contributed by atoms with Crippen LogP contribution in [0.4, 0.5) is 0 Å². The van der Waals surface area contributed by atoms with Crippen molar-refractivity contribution in [2.75, 3.05) is 27.8 Å². The predicted molar refractivity (Wildman–Crippen MR) is 84.6 cm³/mol. The Balaban J connectivity index is 2.16. The van der Waals surface area contributed by atoms with Gasteiger partial charge in [-0.15, -0.1) is 0 Å². The second-order valence-electron chi connectivity index (χ2n) is 4.42. The molecule has 2 rings (SSSR count). The Morgan fingerprint density at radius 2 is 1.45 bits per heavy atom. The molecule has 0 N–H and O–H groups in total. The number of ether oxygens (including phenoxy) is 4. The Morgan fingerprint density at radius 1 is 0.818 bits per heavy atom. The molecule has 0 bridgehead atoms. The summed E-state index contributed by atoms with van der Waals surface area (Å²) in [6.45, 7) is 0.316. The predicted octanol–water partition coefficient (Wildman–Crippen LogP) is 3.22. The maximum Gasteiger partial charge on any atom is 0.188 e. The Bertz CT molecular complexity index is 599. The highest BCUT2D eigenvalue weighted by Crippen LogP contribution is 2.29. The number of aromatic nitrogens is 1. The van der Waals surface area contributed by atoms with Crippen LogP contribution in [0.1, 0.15) is 11.1 Å². The summed E-state index contributed by atoms with van der Waals surface area (Å²) < 4.78 is 20.8. The number of rotatable bonds is 8. The molecular formula is C17H19NO4. The minimum absolute atomic E-state index is 0.154. The minimum Gasteiger partial charge on any atom is -0.464 e. The molecule has 22 heavy (non-hydrogen) atoms. The Labute approximate surface area is 130 Å². The quantitative estimate of drug-likeness (QED) is 0.701. The molecule has 0 radical (unpaired) electrons. The van der Waals surface area contributed by atoms with E-state index in [1.165, 1.54) is 0 Å². The van der Waals surface area contributed by atoms with E-state index in [9.17, 15) is 0 Å². The van der Waals surface area contributed by atoms with Gasteiger partial charge in [0.1, 0.15) is 0 Å². The van der Waals surface area contributed by atoms with E-state index in [1.54, 1.807) is 26.6 Å². The van der Waals surface area contributed by atoms with Crippen LogP contribution in [0, 0.1) is 0 Å². The van der Waals surface area contributed by atoms with Gasteiger partial charge in [0, 0.05) is 26.6 Å². The third-order valence-corrected chi connectivity index (χ3v) is 2.81. The number of methoxy groups -OCH3 is 2. The first-order valence-corrected chi connectivity index (χ1v) is 6.79. The lowest BCUT2D eigenvalue weighted by Gasteiger charge is -2.12. The summed E-state index contributed by atoms with van der Waals surface area (Å²) in [6.07, 6.45) is 7.52. The number of nitrogens with zero attached hydrogens (tertiary/aromatic N) is 1. The fourth-order valence-electron chi connectivity index (χ4n) is 1.77. The van der Waals surface area contributed by atoms with Crippen LogP contribution in [-0.2, 0) is 9.47 Å². The molecule has 0 aliphatic carbocycles. The standard InChI is InChI=1S/C17H19NO4/c1-19-12-21-16-6-5-15(11-17(16)22-13-20-2)4-3-14-7-9-18-10-8-14/h3-11H,12-13H2,1-2H3/b4-3+. The number of benzene rings is 1. The van der Waals surface area contributed by atoms with Crippen molar-refractivity contribution in [3.05, 3.63) is 53.9 Å². The summed E-state index contributed by atoms with van der Waals surface area (Å²) in [5.41, 5.74) is 2.07. The molecule has 0 fully saturated rings. The van der Waals surface area contributed by atoms with Gasteiger partial charge in [0.15, 0.2) is 25.1 Å². The zero-order chi connectivity index (χ0) is 15.6. The number of pyridine rings is 1. The van der Waals surface area contributed by atoms with Crippen LogP contribution in [0.3, 0.4) is 0 Å². The van der Waals surface area contributed by atoms with Crippen LogP contribution in [0.15, 0.2) is 42.7 Å². The normalized spacial score (nSPS) is 10.8. The Kier molecular flexibility index (Phi) is 6.41. The van der Waals surface area contributed by atoms with Gasteiger partial charge in [0.2, 0.25) is 0 Å². The van der Waals surface area contributed by atoms with Crippen molar-refractivity contribution >= 4 is 12.2 Å². The molecule has 0 amide bonds. The molecule has 5 nitrogen and oxygen atoms in total. The average Bonchev–Trinajstić information content (AvgIpc) is 2.58. The van der Waals surface area contributed by atoms with Gasteiger partial charge in [-0.2, -0.15) is 0 Å². The molecule has 116 valence electrons. The third kappa shape index (κ3) is 4.87. The maximum absolute atomic E-state index is 5.53. The molecule has 0 saturated heterocycles. The highest BCUT2D eigenvalue weighted by atomic mass is 16.7. The van der Waals surface area contributed by atoms with E-state index in [1.807, 2.05) is 42.5 Å². The number of hydrogen-bond acceptors (Lipinski definition) is 5. The van der Waals surface area contributed by atoms with Crippen molar-refractivity contribution in [3.8, 4) is 11.5 Å². The number of hydrogen-bond donors (Lipinski definition) is 0. The van der Waals surface area contributed by atoms with Crippen molar-refractivity contribution in [2.45, 2.75) is 0 Å². The van der Waals surface area contributed by atoms with Gasteiger partial charge < -0.3 is 18.9 Å². The molecule has 1 aromatic heterocycles. The van der Waals surface area contributed by atoms with Crippen molar-refractivity contribution < 1.29 is 18.9 Å². The second kappa shape index (κ2) is 8.81. The zero-order valence-electron chi connectivity index (χ0n) is 12.7. The van der Waals surface area contributed by atoms with Crippen molar-refractivity contribution in [3.63, 3.8) is 0 Å². The summed E-state index contributed by atoms with van der Waals surface area (Å²) in [4.78, 5) is 3.99. The van der Waals surface area contributed by atoms with Crippen LogP contribution < -0.4 is 9.47 Å². The second-order valence-corrected chi connectivity index (χ2v) is 4.42. The molecule has 5 heteroatoms. The van der Waals surface area contributed by atoms with Gasteiger partial charge in [-0.05, 0) is 35.4 Å². The van der Waals surface area contributed by atoms with Crippen LogP contribution >= 0.6 is 0 Å². The van der Waals surface area contributed by atoms with E-state index in [2.05, 4.69) is 4.98 Å². The fraction of sp³-hybridized carbons (Fsp3) is 0.235. The van der Waals surface area contributed by atoms with Gasteiger partial charge in [-0.25, -0.2) is 0 Å². The third-order valence-electron chi connectivity index (χ3n) is 2.81. The maximum atomic E-state index is 5.53. The monoisotopic (exact) mass is 301 g/mol. The average molecular weight is 301 g/mol. The largest absolute Gasteiger partial charge is 0.464 e. The molecule has 0 aliphatic heterocycles. The zero-order valence-corrected chi connectivity index (χ0v) is 12.7. The van der Waals surface area contributed by atoms with E-state index in [0.29, 0.717) is 11.5 Å². The molecular weight excluding hydrogens is 282 g/mol. The molecule has 2 aromatic rings. The molecule has 1 aromatic carbocycles. The van der Waals surface area contributed by atoms with Crippen molar-refractivity contribution in [2.24, 2.45) is 0 Å². The molecule has 0 saturated carbocycles.